The van der Waals surface area contributed by atoms with Crippen molar-refractivity contribution in [2.75, 3.05) is 0 Å². The molecule has 0 radical (unpaired) electrons. The first-order valence-corrected chi connectivity index (χ1v) is 8.50. The Morgan fingerprint density at radius 1 is 0.957 bits per heavy atom. The van der Waals surface area contributed by atoms with Crippen LogP contribution in [0.1, 0.15) is 36.7 Å². The number of unbranched alkanes of at least 4 members (excludes halogenated alkanes) is 1. The Labute approximate surface area is 142 Å². The Morgan fingerprint density at radius 3 is 2.35 bits per heavy atom. The van der Waals surface area contributed by atoms with Gasteiger partial charge in [0.15, 0.2) is 0 Å². The molecule has 0 saturated carbocycles. The molecule has 1 heterocycles. The molecule has 1 N–H and O–H groups in total. The fourth-order valence-electron chi connectivity index (χ4n) is 2.63. The molecule has 3 aromatic rings. The molecular formula is C20H21ClN2. The number of rotatable bonds is 6. The zero-order valence-electron chi connectivity index (χ0n) is 13.3. The van der Waals surface area contributed by atoms with E-state index in [4.69, 9.17) is 11.6 Å². The van der Waals surface area contributed by atoms with E-state index in [2.05, 4.69) is 41.2 Å². The minimum atomic E-state index is 0.761. The lowest BCUT2D eigenvalue weighted by atomic mass is 10.1. The highest BCUT2D eigenvalue weighted by molar-refractivity contribution is 6.30. The van der Waals surface area contributed by atoms with Crippen LogP contribution in [0.3, 0.4) is 0 Å². The van der Waals surface area contributed by atoms with Crippen molar-refractivity contribution in [2.45, 2.75) is 32.6 Å². The van der Waals surface area contributed by atoms with Gasteiger partial charge in [-0.1, -0.05) is 61.3 Å². The van der Waals surface area contributed by atoms with Gasteiger partial charge in [0.2, 0.25) is 0 Å². The van der Waals surface area contributed by atoms with E-state index in [9.17, 15) is 0 Å². The van der Waals surface area contributed by atoms with Gasteiger partial charge in [0, 0.05) is 11.4 Å². The predicted molar refractivity (Wildman–Crippen MR) is 96.9 cm³/mol. The highest BCUT2D eigenvalue weighted by atomic mass is 35.5. The topological polar surface area (TPSA) is 28.7 Å². The third kappa shape index (κ3) is 4.23. The lowest BCUT2D eigenvalue weighted by Gasteiger charge is -2.02. The minimum Gasteiger partial charge on any atom is -0.342 e. The minimum absolute atomic E-state index is 0.761. The number of aryl methyl sites for hydroxylation is 1. The molecule has 0 fully saturated rings. The largest absolute Gasteiger partial charge is 0.342 e. The molecule has 0 saturated heterocycles. The van der Waals surface area contributed by atoms with Crippen LogP contribution in [0.5, 0.6) is 0 Å². The summed E-state index contributed by atoms with van der Waals surface area (Å²) in [7, 11) is 0. The average molecular weight is 325 g/mol. The number of nitrogens with one attached hydrogen (secondary N) is 1. The van der Waals surface area contributed by atoms with Crippen LogP contribution in [-0.2, 0) is 12.8 Å². The Balaban J connectivity index is 1.69. The summed E-state index contributed by atoms with van der Waals surface area (Å²) >= 11 is 5.92. The van der Waals surface area contributed by atoms with E-state index < -0.39 is 0 Å². The first kappa shape index (κ1) is 15.8. The summed E-state index contributed by atoms with van der Waals surface area (Å²) in [6.45, 7) is 2.22. The van der Waals surface area contributed by atoms with Gasteiger partial charge in [-0.2, -0.15) is 0 Å². The number of hydrogen-bond donors (Lipinski definition) is 1. The third-order valence-electron chi connectivity index (χ3n) is 4.00. The van der Waals surface area contributed by atoms with Gasteiger partial charge in [0.25, 0.3) is 0 Å². The van der Waals surface area contributed by atoms with E-state index in [0.717, 1.165) is 29.4 Å². The second-order valence-corrected chi connectivity index (χ2v) is 6.28. The number of halogens is 1. The SMILES string of the molecule is CCCCc1ccc(-c2cnc(Cc3ccc(Cl)cc3)[nH]2)cc1. The van der Waals surface area contributed by atoms with Crippen molar-refractivity contribution in [2.24, 2.45) is 0 Å². The molecule has 0 bridgehead atoms. The van der Waals surface area contributed by atoms with Crippen LogP contribution >= 0.6 is 11.6 Å². The molecule has 2 aromatic carbocycles. The van der Waals surface area contributed by atoms with E-state index in [1.165, 1.54) is 29.5 Å². The maximum absolute atomic E-state index is 5.92. The van der Waals surface area contributed by atoms with Crippen LogP contribution in [0.15, 0.2) is 54.7 Å². The molecule has 2 nitrogen and oxygen atoms in total. The van der Waals surface area contributed by atoms with Gasteiger partial charge < -0.3 is 4.98 Å². The Bertz CT molecular complexity index is 742. The van der Waals surface area contributed by atoms with E-state index in [0.29, 0.717) is 0 Å². The summed E-state index contributed by atoms with van der Waals surface area (Å²) < 4.78 is 0. The van der Waals surface area contributed by atoms with Crippen molar-refractivity contribution in [1.82, 2.24) is 9.97 Å². The maximum Gasteiger partial charge on any atom is 0.110 e. The van der Waals surface area contributed by atoms with Gasteiger partial charge >= 0.3 is 0 Å². The molecular weight excluding hydrogens is 304 g/mol. The van der Waals surface area contributed by atoms with Crippen LogP contribution in [0.4, 0.5) is 0 Å². The summed E-state index contributed by atoms with van der Waals surface area (Å²) in [6.07, 6.45) is 6.32. The average Bonchev–Trinajstić information content (AvgIpc) is 3.04. The Hall–Kier alpha value is -2.06. The van der Waals surface area contributed by atoms with Crippen molar-refractivity contribution < 1.29 is 0 Å². The second kappa shape index (κ2) is 7.47. The molecule has 23 heavy (non-hydrogen) atoms. The van der Waals surface area contributed by atoms with Crippen LogP contribution < -0.4 is 0 Å². The van der Waals surface area contributed by atoms with Gasteiger partial charge in [-0.3, -0.25) is 0 Å². The van der Waals surface area contributed by atoms with Crippen molar-refractivity contribution in [3.63, 3.8) is 0 Å². The molecule has 0 atom stereocenters. The van der Waals surface area contributed by atoms with Crippen LogP contribution in [0.25, 0.3) is 11.3 Å². The lowest BCUT2D eigenvalue weighted by Crippen LogP contribution is -1.90. The number of nitrogens with zero attached hydrogens (tertiary/aromatic N) is 1. The summed E-state index contributed by atoms with van der Waals surface area (Å²) in [5.74, 6) is 0.970. The van der Waals surface area contributed by atoms with E-state index in [1.54, 1.807) is 0 Å². The number of aromatic amines is 1. The zero-order valence-corrected chi connectivity index (χ0v) is 14.1. The smallest absolute Gasteiger partial charge is 0.110 e. The molecule has 3 rings (SSSR count). The maximum atomic E-state index is 5.92. The molecule has 0 amide bonds. The normalized spacial score (nSPS) is 10.9. The van der Waals surface area contributed by atoms with Crippen molar-refractivity contribution >= 4 is 11.6 Å². The van der Waals surface area contributed by atoms with E-state index >= 15 is 0 Å². The molecule has 118 valence electrons. The number of imidazole rings is 1. The fourth-order valence-corrected chi connectivity index (χ4v) is 2.75. The highest BCUT2D eigenvalue weighted by Crippen LogP contribution is 2.20. The van der Waals surface area contributed by atoms with Gasteiger partial charge in [0.05, 0.1) is 11.9 Å². The number of hydrogen-bond acceptors (Lipinski definition) is 1. The number of aromatic nitrogens is 2. The first-order chi connectivity index (χ1) is 11.2. The fraction of sp³-hybridized carbons (Fsp3) is 0.250. The van der Waals surface area contributed by atoms with Crippen LogP contribution in [0, 0.1) is 0 Å². The predicted octanol–water partition coefficient (Wildman–Crippen LogP) is 5.66. The number of H-pyrrole nitrogens is 1. The Kier molecular flexibility index (Phi) is 5.14. The quantitative estimate of drug-likeness (QED) is 0.622. The summed E-state index contributed by atoms with van der Waals surface area (Å²) in [6, 6.07) is 16.7. The zero-order chi connectivity index (χ0) is 16.1. The first-order valence-electron chi connectivity index (χ1n) is 8.12. The summed E-state index contributed by atoms with van der Waals surface area (Å²) in [4.78, 5) is 7.90. The molecule has 0 unspecified atom stereocenters. The number of benzene rings is 2. The second-order valence-electron chi connectivity index (χ2n) is 5.85. The molecule has 0 aliphatic carbocycles. The molecule has 0 aliphatic rings. The van der Waals surface area contributed by atoms with Crippen molar-refractivity contribution in [3.8, 4) is 11.3 Å². The van der Waals surface area contributed by atoms with Crippen LogP contribution in [-0.4, -0.2) is 9.97 Å². The lowest BCUT2D eigenvalue weighted by molar-refractivity contribution is 0.795. The van der Waals surface area contributed by atoms with Gasteiger partial charge in [0.1, 0.15) is 5.82 Å². The van der Waals surface area contributed by atoms with Gasteiger partial charge in [-0.25, -0.2) is 4.98 Å². The summed E-state index contributed by atoms with van der Waals surface area (Å²) in [5.41, 5.74) is 4.85. The summed E-state index contributed by atoms with van der Waals surface area (Å²) in [5, 5.41) is 0.761. The Morgan fingerprint density at radius 2 is 1.65 bits per heavy atom. The van der Waals surface area contributed by atoms with Gasteiger partial charge in [-0.05, 0) is 41.7 Å². The monoisotopic (exact) mass is 324 g/mol. The van der Waals surface area contributed by atoms with Gasteiger partial charge in [-0.15, -0.1) is 0 Å². The third-order valence-corrected chi connectivity index (χ3v) is 4.25. The van der Waals surface area contributed by atoms with E-state index in [-0.39, 0.29) is 0 Å². The standard InChI is InChI=1S/C20H21ClN2/c1-2-3-4-15-5-9-17(10-6-15)19-14-22-20(23-19)13-16-7-11-18(21)12-8-16/h5-12,14H,2-4,13H2,1H3,(H,22,23). The highest BCUT2D eigenvalue weighted by Gasteiger charge is 2.05. The molecule has 1 aromatic heterocycles. The molecule has 0 spiro atoms. The van der Waals surface area contributed by atoms with E-state index in [1.807, 2.05) is 30.5 Å². The molecule has 3 heteroatoms. The van der Waals surface area contributed by atoms with Crippen molar-refractivity contribution in [3.05, 3.63) is 76.7 Å². The van der Waals surface area contributed by atoms with Crippen molar-refractivity contribution in [1.29, 1.82) is 0 Å². The van der Waals surface area contributed by atoms with Crippen LogP contribution in [0.2, 0.25) is 5.02 Å². The molecule has 0 aliphatic heterocycles.